The topological polar surface area (TPSA) is 70.2 Å². The van der Waals surface area contributed by atoms with Crippen molar-refractivity contribution >= 4 is 41.0 Å². The summed E-state index contributed by atoms with van der Waals surface area (Å²) in [6.07, 6.45) is 0.864. The van der Waals surface area contributed by atoms with Gasteiger partial charge in [-0.1, -0.05) is 43.6 Å². The van der Waals surface area contributed by atoms with Gasteiger partial charge < -0.3 is 16.0 Å². The highest BCUT2D eigenvalue weighted by Gasteiger charge is 2.12. The monoisotopic (exact) mass is 419 g/mol. The second-order valence-corrected chi connectivity index (χ2v) is 8.27. The van der Waals surface area contributed by atoms with Gasteiger partial charge in [0.15, 0.2) is 0 Å². The summed E-state index contributed by atoms with van der Waals surface area (Å²) in [5.74, 6) is 1.07. The Kier molecular flexibility index (Phi) is 9.17. The van der Waals surface area contributed by atoms with Gasteiger partial charge in [0.05, 0.1) is 10.6 Å². The molecule has 2 aromatic rings. The van der Waals surface area contributed by atoms with E-state index in [9.17, 15) is 9.59 Å². The average Bonchev–Trinajstić information content (AvgIpc) is 2.66. The molecule has 0 spiro atoms. The summed E-state index contributed by atoms with van der Waals surface area (Å²) >= 11 is 7.95. The molecule has 0 fully saturated rings. The third-order valence-corrected chi connectivity index (χ3v) is 5.17. The first kappa shape index (κ1) is 22.1. The molecule has 0 aromatic heterocycles. The zero-order chi connectivity index (χ0) is 20.4. The molecular formula is C21H26ClN3O2S. The van der Waals surface area contributed by atoms with Crippen LogP contribution in [-0.4, -0.2) is 30.8 Å². The van der Waals surface area contributed by atoms with E-state index in [-0.39, 0.29) is 11.9 Å². The van der Waals surface area contributed by atoms with E-state index in [1.54, 1.807) is 30.0 Å². The van der Waals surface area contributed by atoms with E-state index < -0.39 is 0 Å². The van der Waals surface area contributed by atoms with Gasteiger partial charge in [-0.05, 0) is 48.4 Å². The molecule has 28 heavy (non-hydrogen) atoms. The first-order chi connectivity index (χ1) is 13.5. The van der Waals surface area contributed by atoms with Crippen LogP contribution in [0.3, 0.4) is 0 Å². The van der Waals surface area contributed by atoms with Crippen LogP contribution >= 0.6 is 23.4 Å². The zero-order valence-corrected chi connectivity index (χ0v) is 17.7. The number of hydrogen-bond donors (Lipinski definition) is 3. The highest BCUT2D eigenvalue weighted by molar-refractivity contribution is 7.99. The van der Waals surface area contributed by atoms with Crippen LogP contribution in [0, 0.1) is 5.92 Å². The third kappa shape index (κ3) is 7.82. The largest absolute Gasteiger partial charge is 0.352 e. The molecule has 3 N–H and O–H groups in total. The first-order valence-electron chi connectivity index (χ1n) is 9.26. The molecule has 0 aliphatic rings. The summed E-state index contributed by atoms with van der Waals surface area (Å²) in [7, 11) is 0. The summed E-state index contributed by atoms with van der Waals surface area (Å²) in [6, 6.07) is 14.7. The van der Waals surface area contributed by atoms with Crippen molar-refractivity contribution in [3.8, 4) is 0 Å². The number of halogens is 1. The second-order valence-electron chi connectivity index (χ2n) is 6.69. The SMILES string of the molecule is CC(C)CNC(=O)c1ccc(NC(=O)NCCCSc2ccccc2)cc1Cl. The van der Waals surface area contributed by atoms with Crippen LogP contribution in [0.15, 0.2) is 53.4 Å². The van der Waals surface area contributed by atoms with Crippen LogP contribution in [0.2, 0.25) is 5.02 Å². The van der Waals surface area contributed by atoms with Crippen molar-refractivity contribution in [2.45, 2.75) is 25.2 Å². The van der Waals surface area contributed by atoms with Crippen molar-refractivity contribution in [2.24, 2.45) is 5.92 Å². The van der Waals surface area contributed by atoms with Crippen molar-refractivity contribution in [1.82, 2.24) is 10.6 Å². The summed E-state index contributed by atoms with van der Waals surface area (Å²) in [6.45, 7) is 5.21. The number of thioether (sulfide) groups is 1. The molecule has 2 rings (SSSR count). The number of carbonyl (C=O) groups excluding carboxylic acids is 2. The van der Waals surface area contributed by atoms with Gasteiger partial charge in [-0.2, -0.15) is 0 Å². The fourth-order valence-electron chi connectivity index (χ4n) is 2.33. The molecule has 7 heteroatoms. The van der Waals surface area contributed by atoms with Crippen LogP contribution in [0.25, 0.3) is 0 Å². The minimum atomic E-state index is -0.294. The van der Waals surface area contributed by atoms with Crippen molar-refractivity contribution in [2.75, 3.05) is 24.2 Å². The Morgan fingerprint density at radius 3 is 2.50 bits per heavy atom. The Morgan fingerprint density at radius 2 is 1.82 bits per heavy atom. The highest BCUT2D eigenvalue weighted by Crippen LogP contribution is 2.21. The number of rotatable bonds is 9. The lowest BCUT2D eigenvalue weighted by atomic mass is 10.1. The molecule has 0 heterocycles. The normalized spacial score (nSPS) is 10.6. The predicted molar refractivity (Wildman–Crippen MR) is 117 cm³/mol. The van der Waals surface area contributed by atoms with Gasteiger partial charge >= 0.3 is 6.03 Å². The standard InChI is InChI=1S/C21H26ClN3O2S/c1-15(2)14-24-20(26)18-10-9-16(13-19(18)22)25-21(27)23-11-6-12-28-17-7-4-3-5-8-17/h3-5,7-10,13,15H,6,11-12,14H2,1-2H3,(H,24,26)(H2,23,25,27). The minimum absolute atomic E-state index is 0.217. The fraction of sp³-hybridized carbons (Fsp3) is 0.333. The number of benzene rings is 2. The lowest BCUT2D eigenvalue weighted by molar-refractivity contribution is 0.0949. The quantitative estimate of drug-likeness (QED) is 0.394. The predicted octanol–water partition coefficient (Wildman–Crippen LogP) is 5.03. The molecule has 0 saturated carbocycles. The molecule has 3 amide bonds. The third-order valence-electron chi connectivity index (χ3n) is 3.76. The van der Waals surface area contributed by atoms with Crippen LogP contribution in [-0.2, 0) is 0 Å². The number of urea groups is 1. The van der Waals surface area contributed by atoms with Crippen LogP contribution in [0.4, 0.5) is 10.5 Å². The van der Waals surface area contributed by atoms with E-state index in [2.05, 4.69) is 28.1 Å². The molecular weight excluding hydrogens is 394 g/mol. The highest BCUT2D eigenvalue weighted by atomic mass is 35.5. The van der Waals surface area contributed by atoms with Gasteiger partial charge in [0.25, 0.3) is 5.91 Å². The van der Waals surface area contributed by atoms with Crippen LogP contribution in [0.5, 0.6) is 0 Å². The van der Waals surface area contributed by atoms with Crippen LogP contribution < -0.4 is 16.0 Å². The molecule has 0 unspecified atom stereocenters. The minimum Gasteiger partial charge on any atom is -0.352 e. The number of nitrogens with one attached hydrogen (secondary N) is 3. The van der Waals surface area contributed by atoms with E-state index in [4.69, 9.17) is 11.6 Å². The Hall–Kier alpha value is -2.18. The maximum absolute atomic E-state index is 12.1. The molecule has 0 saturated heterocycles. The van der Waals surface area contributed by atoms with Crippen molar-refractivity contribution in [3.05, 3.63) is 59.1 Å². The smallest absolute Gasteiger partial charge is 0.319 e. The van der Waals surface area contributed by atoms with Gasteiger partial charge in [0, 0.05) is 23.7 Å². The summed E-state index contributed by atoms with van der Waals surface area (Å²) < 4.78 is 0. The molecule has 2 aromatic carbocycles. The number of anilines is 1. The van der Waals surface area contributed by atoms with Crippen LogP contribution in [0.1, 0.15) is 30.6 Å². The number of carbonyl (C=O) groups is 2. The summed E-state index contributed by atoms with van der Waals surface area (Å²) in [5.41, 5.74) is 0.938. The maximum atomic E-state index is 12.1. The zero-order valence-electron chi connectivity index (χ0n) is 16.1. The van der Waals surface area contributed by atoms with Gasteiger partial charge in [0.1, 0.15) is 0 Å². The molecule has 5 nitrogen and oxygen atoms in total. The average molecular weight is 420 g/mol. The van der Waals surface area contributed by atoms with Crippen molar-refractivity contribution < 1.29 is 9.59 Å². The lowest BCUT2D eigenvalue weighted by Crippen LogP contribution is -2.30. The van der Waals surface area contributed by atoms with Gasteiger partial charge in [0.2, 0.25) is 0 Å². The van der Waals surface area contributed by atoms with Crippen molar-refractivity contribution in [1.29, 1.82) is 0 Å². The summed E-state index contributed by atoms with van der Waals surface area (Å²) in [4.78, 5) is 25.3. The Balaban J connectivity index is 1.72. The Labute approximate surface area is 175 Å². The molecule has 0 aliphatic heterocycles. The lowest BCUT2D eigenvalue weighted by Gasteiger charge is -2.11. The van der Waals surface area contributed by atoms with E-state index >= 15 is 0 Å². The van der Waals surface area contributed by atoms with Gasteiger partial charge in [-0.3, -0.25) is 4.79 Å². The van der Waals surface area contributed by atoms with Gasteiger partial charge in [-0.25, -0.2) is 4.79 Å². The molecule has 0 radical (unpaired) electrons. The molecule has 150 valence electrons. The molecule has 0 aliphatic carbocycles. The van der Waals surface area contributed by atoms with E-state index in [0.717, 1.165) is 12.2 Å². The molecule has 0 bridgehead atoms. The van der Waals surface area contributed by atoms with Gasteiger partial charge in [-0.15, -0.1) is 11.8 Å². The van der Waals surface area contributed by atoms with E-state index in [0.29, 0.717) is 35.3 Å². The first-order valence-corrected chi connectivity index (χ1v) is 10.6. The number of amides is 3. The summed E-state index contributed by atoms with van der Waals surface area (Å²) in [5, 5.41) is 8.69. The van der Waals surface area contributed by atoms with E-state index in [1.165, 1.54) is 4.90 Å². The van der Waals surface area contributed by atoms with E-state index in [1.807, 2.05) is 32.0 Å². The molecule has 0 atom stereocenters. The number of hydrogen-bond acceptors (Lipinski definition) is 3. The van der Waals surface area contributed by atoms with Crippen molar-refractivity contribution in [3.63, 3.8) is 0 Å². The maximum Gasteiger partial charge on any atom is 0.319 e. The fourth-order valence-corrected chi connectivity index (χ4v) is 3.47. The Morgan fingerprint density at radius 1 is 1.07 bits per heavy atom. The Bertz CT molecular complexity index is 784. The second kappa shape index (κ2) is 11.6.